The first-order valence-corrected chi connectivity index (χ1v) is 5.28. The molecule has 17 heavy (non-hydrogen) atoms. The summed E-state index contributed by atoms with van der Waals surface area (Å²) in [4.78, 5) is 10.5. The minimum Gasteiger partial charge on any atom is -0.278 e. The van der Waals surface area contributed by atoms with Crippen molar-refractivity contribution in [2.45, 2.75) is 0 Å². The van der Waals surface area contributed by atoms with E-state index in [2.05, 4.69) is 0 Å². The Hall–Kier alpha value is -2.01. The van der Waals surface area contributed by atoms with Crippen LogP contribution in [0.2, 0.25) is 5.02 Å². The Bertz CT molecular complexity index is 540. The second kappa shape index (κ2) is 4.47. The number of hydrogen-bond donors (Lipinski definition) is 0. The number of anilines is 1. The molecule has 0 aliphatic carbocycles. The van der Waals surface area contributed by atoms with E-state index in [0.29, 0.717) is 10.7 Å². The molecule has 2 rings (SSSR count). The van der Waals surface area contributed by atoms with Crippen LogP contribution < -0.4 is 5.01 Å². The summed E-state index contributed by atoms with van der Waals surface area (Å²) in [7, 11) is 1.75. The Morgan fingerprint density at radius 1 is 1.35 bits per heavy atom. The third kappa shape index (κ3) is 2.24. The first kappa shape index (κ1) is 11.5. The molecular formula is C11H10ClN3O2. The van der Waals surface area contributed by atoms with Crippen molar-refractivity contribution in [3.8, 4) is 0 Å². The predicted octanol–water partition coefficient (Wildman–Crippen LogP) is 2.95. The Morgan fingerprint density at radius 3 is 2.59 bits per heavy atom. The van der Waals surface area contributed by atoms with E-state index in [1.54, 1.807) is 41.3 Å². The van der Waals surface area contributed by atoms with Crippen LogP contribution in [0.3, 0.4) is 0 Å². The summed E-state index contributed by atoms with van der Waals surface area (Å²) in [6.07, 6.45) is 3.61. The smallest absolute Gasteiger partial charge is 0.278 e. The fourth-order valence-electron chi connectivity index (χ4n) is 1.57. The molecule has 0 spiro atoms. The summed E-state index contributed by atoms with van der Waals surface area (Å²) in [6.45, 7) is 0. The molecule has 0 atom stereocenters. The molecule has 0 aliphatic heterocycles. The summed E-state index contributed by atoms with van der Waals surface area (Å²) in [5.41, 5.74) is 0.462. The average molecular weight is 252 g/mol. The lowest BCUT2D eigenvalue weighted by molar-refractivity contribution is -0.384. The number of nitrogens with zero attached hydrogens (tertiary/aromatic N) is 3. The number of nitro benzene ring substituents is 1. The molecule has 6 heteroatoms. The minimum absolute atomic E-state index is 0.0197. The molecule has 0 bridgehead atoms. The van der Waals surface area contributed by atoms with E-state index in [-0.39, 0.29) is 5.69 Å². The number of benzene rings is 1. The van der Waals surface area contributed by atoms with Crippen LogP contribution in [0.1, 0.15) is 0 Å². The maximum absolute atomic E-state index is 11.0. The Morgan fingerprint density at radius 2 is 2.00 bits per heavy atom. The highest BCUT2D eigenvalue weighted by Crippen LogP contribution is 2.30. The van der Waals surface area contributed by atoms with Gasteiger partial charge in [0.15, 0.2) is 0 Å². The fraction of sp³-hybridized carbons (Fsp3) is 0.0909. The van der Waals surface area contributed by atoms with Gasteiger partial charge in [-0.3, -0.25) is 19.8 Å². The van der Waals surface area contributed by atoms with E-state index in [1.165, 1.54) is 6.07 Å². The van der Waals surface area contributed by atoms with Crippen molar-refractivity contribution >= 4 is 23.0 Å². The Balaban J connectivity index is 2.48. The number of hydrogen-bond acceptors (Lipinski definition) is 3. The van der Waals surface area contributed by atoms with Crippen LogP contribution in [0.25, 0.3) is 0 Å². The summed E-state index contributed by atoms with van der Waals surface area (Å²) in [5.74, 6) is 0. The first-order valence-electron chi connectivity index (χ1n) is 4.90. The lowest BCUT2D eigenvalue weighted by atomic mass is 10.2. The van der Waals surface area contributed by atoms with Crippen LogP contribution in [-0.2, 0) is 0 Å². The molecule has 1 aromatic carbocycles. The molecule has 88 valence electrons. The van der Waals surface area contributed by atoms with Crippen LogP contribution in [-0.4, -0.2) is 16.6 Å². The highest BCUT2D eigenvalue weighted by atomic mass is 35.5. The number of aromatic nitrogens is 1. The van der Waals surface area contributed by atoms with Gasteiger partial charge < -0.3 is 0 Å². The summed E-state index contributed by atoms with van der Waals surface area (Å²) in [6, 6.07) is 8.29. The van der Waals surface area contributed by atoms with E-state index in [1.807, 2.05) is 12.1 Å². The lowest BCUT2D eigenvalue weighted by Crippen LogP contribution is -2.23. The van der Waals surface area contributed by atoms with Gasteiger partial charge in [-0.05, 0) is 24.3 Å². The van der Waals surface area contributed by atoms with E-state index < -0.39 is 4.92 Å². The molecule has 1 heterocycles. The monoisotopic (exact) mass is 251 g/mol. The van der Waals surface area contributed by atoms with Gasteiger partial charge in [-0.25, -0.2) is 0 Å². The van der Waals surface area contributed by atoms with Crippen LogP contribution in [0.4, 0.5) is 11.4 Å². The zero-order valence-corrected chi connectivity index (χ0v) is 9.83. The van der Waals surface area contributed by atoms with Crippen molar-refractivity contribution in [1.29, 1.82) is 0 Å². The molecule has 0 aliphatic rings. The first-order chi connectivity index (χ1) is 8.09. The number of nitro groups is 1. The molecule has 0 N–H and O–H groups in total. The fourth-order valence-corrected chi connectivity index (χ4v) is 1.73. The lowest BCUT2D eigenvalue weighted by Gasteiger charge is -2.20. The normalized spacial score (nSPS) is 10.2. The largest absolute Gasteiger partial charge is 0.295 e. The van der Waals surface area contributed by atoms with Gasteiger partial charge in [0.2, 0.25) is 0 Å². The van der Waals surface area contributed by atoms with E-state index >= 15 is 0 Å². The van der Waals surface area contributed by atoms with Crippen molar-refractivity contribution in [3.05, 3.63) is 57.9 Å². The van der Waals surface area contributed by atoms with Gasteiger partial charge in [0.25, 0.3) is 5.69 Å². The van der Waals surface area contributed by atoms with E-state index in [0.717, 1.165) is 0 Å². The van der Waals surface area contributed by atoms with Crippen molar-refractivity contribution in [1.82, 2.24) is 4.68 Å². The van der Waals surface area contributed by atoms with Crippen molar-refractivity contribution in [2.75, 3.05) is 12.1 Å². The van der Waals surface area contributed by atoms with Crippen LogP contribution in [0.5, 0.6) is 0 Å². The highest BCUT2D eigenvalue weighted by molar-refractivity contribution is 6.30. The number of rotatable bonds is 3. The topological polar surface area (TPSA) is 51.3 Å². The molecule has 0 fully saturated rings. The van der Waals surface area contributed by atoms with Crippen LogP contribution in [0, 0.1) is 10.1 Å². The zero-order valence-electron chi connectivity index (χ0n) is 9.08. The highest BCUT2D eigenvalue weighted by Gasteiger charge is 2.18. The molecule has 2 aromatic rings. The standard InChI is InChI=1S/C11H10ClN3O2/c1-13(14-6-2-3-7-14)10-5-4-9(12)8-11(10)15(16)17/h2-8H,1H3. The van der Waals surface area contributed by atoms with E-state index in [4.69, 9.17) is 11.6 Å². The van der Waals surface area contributed by atoms with Gasteiger partial charge >= 0.3 is 0 Å². The van der Waals surface area contributed by atoms with Crippen molar-refractivity contribution in [2.24, 2.45) is 0 Å². The second-order valence-corrected chi connectivity index (χ2v) is 3.91. The predicted molar refractivity (Wildman–Crippen MR) is 66.3 cm³/mol. The summed E-state index contributed by atoms with van der Waals surface area (Å²) < 4.78 is 1.75. The van der Waals surface area contributed by atoms with Gasteiger partial charge in [0.05, 0.1) is 4.92 Å². The minimum atomic E-state index is -0.443. The van der Waals surface area contributed by atoms with Gasteiger partial charge in [-0.15, -0.1) is 0 Å². The molecule has 0 amide bonds. The molecule has 0 radical (unpaired) electrons. The average Bonchev–Trinajstić information content (AvgIpc) is 2.81. The second-order valence-electron chi connectivity index (χ2n) is 3.48. The van der Waals surface area contributed by atoms with Crippen LogP contribution in [0.15, 0.2) is 42.7 Å². The third-order valence-electron chi connectivity index (χ3n) is 2.42. The Kier molecular flexibility index (Phi) is 3.01. The molecule has 0 unspecified atom stereocenters. The third-order valence-corrected chi connectivity index (χ3v) is 2.65. The number of halogens is 1. The summed E-state index contributed by atoms with van der Waals surface area (Å²) in [5, 5.41) is 13.0. The van der Waals surface area contributed by atoms with Crippen molar-refractivity contribution < 1.29 is 4.92 Å². The molecular weight excluding hydrogens is 242 g/mol. The van der Waals surface area contributed by atoms with Gasteiger partial charge in [0, 0.05) is 30.5 Å². The maximum atomic E-state index is 11.0. The van der Waals surface area contributed by atoms with E-state index in [9.17, 15) is 10.1 Å². The van der Waals surface area contributed by atoms with Gasteiger partial charge in [-0.1, -0.05) is 11.6 Å². The molecule has 1 aromatic heterocycles. The van der Waals surface area contributed by atoms with Gasteiger partial charge in [-0.2, -0.15) is 0 Å². The quantitative estimate of drug-likeness (QED) is 0.622. The van der Waals surface area contributed by atoms with Gasteiger partial charge in [0.1, 0.15) is 5.69 Å². The van der Waals surface area contributed by atoms with Crippen molar-refractivity contribution in [3.63, 3.8) is 0 Å². The Labute approximate surface area is 103 Å². The molecule has 0 saturated heterocycles. The summed E-state index contributed by atoms with van der Waals surface area (Å²) >= 11 is 5.76. The van der Waals surface area contributed by atoms with Crippen LogP contribution >= 0.6 is 11.6 Å². The molecule has 5 nitrogen and oxygen atoms in total. The maximum Gasteiger partial charge on any atom is 0.295 e. The zero-order chi connectivity index (χ0) is 12.4. The SMILES string of the molecule is CN(c1ccc(Cl)cc1[N+](=O)[O-])n1cccc1. The molecule has 0 saturated carbocycles.